The predicted molar refractivity (Wildman–Crippen MR) is 70.3 cm³/mol. The van der Waals surface area contributed by atoms with Crippen molar-refractivity contribution in [3.8, 4) is 0 Å². The monoisotopic (exact) mass is 265 g/mol. The summed E-state index contributed by atoms with van der Waals surface area (Å²) in [5.41, 5.74) is 1.78. The van der Waals surface area contributed by atoms with Crippen molar-refractivity contribution in [2.24, 2.45) is 0 Å². The summed E-state index contributed by atoms with van der Waals surface area (Å²) in [6.07, 6.45) is 4.48. The maximum atomic E-state index is 11.5. The van der Waals surface area contributed by atoms with Gasteiger partial charge >= 0.3 is 0 Å². The predicted octanol–water partition coefficient (Wildman–Crippen LogP) is 2.86. The van der Waals surface area contributed by atoms with Gasteiger partial charge in [-0.05, 0) is 31.2 Å². The molecule has 1 aromatic carbocycles. The van der Waals surface area contributed by atoms with Crippen LogP contribution in [0.4, 0.5) is 5.69 Å². The molecule has 0 saturated heterocycles. The minimum absolute atomic E-state index is 0.0542. The van der Waals surface area contributed by atoms with E-state index in [1.54, 1.807) is 30.7 Å². The Morgan fingerprint density at radius 3 is 2.67 bits per heavy atom. The lowest BCUT2D eigenvalue weighted by Gasteiger charge is -2.14. The first-order valence-corrected chi connectivity index (χ1v) is 7.45. The molecular formula is C13H15NO3S. The Bertz CT molecular complexity index is 617. The molecule has 2 rings (SSSR count). The second-order valence-corrected chi connectivity index (χ2v) is 6.24. The lowest BCUT2D eigenvalue weighted by Crippen LogP contribution is -2.06. The van der Waals surface area contributed by atoms with Crippen molar-refractivity contribution in [1.82, 2.24) is 0 Å². The zero-order chi connectivity index (χ0) is 13.2. The van der Waals surface area contributed by atoms with Gasteiger partial charge in [-0.2, -0.15) is 0 Å². The number of hydrogen-bond acceptors (Lipinski definition) is 4. The Morgan fingerprint density at radius 1 is 1.28 bits per heavy atom. The standard InChI is InChI=1S/C13H15NO3S/c1-10(11-6-7-17-9-11)14-12-4-3-5-13(8-12)18(2,15)16/h3-10,14H,1-2H3. The van der Waals surface area contributed by atoms with Crippen molar-refractivity contribution in [1.29, 1.82) is 0 Å². The topological polar surface area (TPSA) is 59.3 Å². The molecule has 1 heterocycles. The summed E-state index contributed by atoms with van der Waals surface area (Å²) in [5, 5.41) is 3.23. The van der Waals surface area contributed by atoms with Crippen molar-refractivity contribution in [2.75, 3.05) is 11.6 Å². The summed E-state index contributed by atoms with van der Waals surface area (Å²) in [5.74, 6) is 0. The largest absolute Gasteiger partial charge is 0.472 e. The van der Waals surface area contributed by atoms with E-state index in [1.165, 1.54) is 6.26 Å². The Morgan fingerprint density at radius 2 is 2.06 bits per heavy atom. The van der Waals surface area contributed by atoms with Crippen LogP contribution in [0.2, 0.25) is 0 Å². The Labute approximate surface area is 107 Å². The highest BCUT2D eigenvalue weighted by atomic mass is 32.2. The maximum absolute atomic E-state index is 11.5. The molecule has 0 bridgehead atoms. The summed E-state index contributed by atoms with van der Waals surface area (Å²) in [7, 11) is -3.17. The van der Waals surface area contributed by atoms with Gasteiger partial charge in [-0.25, -0.2) is 8.42 Å². The van der Waals surface area contributed by atoms with Crippen molar-refractivity contribution < 1.29 is 12.8 Å². The molecule has 0 radical (unpaired) electrons. The molecule has 0 saturated carbocycles. The second-order valence-electron chi connectivity index (χ2n) is 4.22. The third kappa shape index (κ3) is 2.92. The molecule has 18 heavy (non-hydrogen) atoms. The summed E-state index contributed by atoms with van der Waals surface area (Å²) >= 11 is 0. The van der Waals surface area contributed by atoms with Crippen LogP contribution in [0.3, 0.4) is 0 Å². The minimum atomic E-state index is -3.17. The van der Waals surface area contributed by atoms with E-state index in [-0.39, 0.29) is 6.04 Å². The molecular weight excluding hydrogens is 250 g/mol. The molecule has 0 amide bonds. The zero-order valence-electron chi connectivity index (χ0n) is 10.3. The highest BCUT2D eigenvalue weighted by Gasteiger charge is 2.10. The van der Waals surface area contributed by atoms with Gasteiger partial charge in [0.2, 0.25) is 0 Å². The highest BCUT2D eigenvalue weighted by Crippen LogP contribution is 2.21. The molecule has 96 valence electrons. The molecule has 0 spiro atoms. The van der Waals surface area contributed by atoms with E-state index < -0.39 is 9.84 Å². The molecule has 1 unspecified atom stereocenters. The normalized spacial score (nSPS) is 13.2. The highest BCUT2D eigenvalue weighted by molar-refractivity contribution is 7.90. The van der Waals surface area contributed by atoms with Crippen molar-refractivity contribution in [3.05, 3.63) is 48.4 Å². The number of benzene rings is 1. The molecule has 0 fully saturated rings. The van der Waals surface area contributed by atoms with Gasteiger partial charge in [0, 0.05) is 17.5 Å². The van der Waals surface area contributed by atoms with Crippen LogP contribution < -0.4 is 5.32 Å². The molecule has 0 aliphatic heterocycles. The van der Waals surface area contributed by atoms with Crippen LogP contribution in [0.5, 0.6) is 0 Å². The van der Waals surface area contributed by atoms with Gasteiger partial charge in [-0.3, -0.25) is 0 Å². The van der Waals surface area contributed by atoms with Crippen LogP contribution in [0.15, 0.2) is 52.2 Å². The van der Waals surface area contributed by atoms with Crippen LogP contribution in [0, 0.1) is 0 Å². The summed E-state index contributed by atoms with van der Waals surface area (Å²) < 4.78 is 27.9. The van der Waals surface area contributed by atoms with Gasteiger partial charge in [0.05, 0.1) is 23.5 Å². The Hall–Kier alpha value is -1.75. The first kappa shape index (κ1) is 12.7. The molecule has 0 aliphatic carbocycles. The van der Waals surface area contributed by atoms with Crippen LogP contribution >= 0.6 is 0 Å². The summed E-state index contributed by atoms with van der Waals surface area (Å²) in [4.78, 5) is 0.312. The van der Waals surface area contributed by atoms with Crippen molar-refractivity contribution >= 4 is 15.5 Å². The van der Waals surface area contributed by atoms with Gasteiger partial charge in [0.15, 0.2) is 9.84 Å². The van der Waals surface area contributed by atoms with E-state index in [1.807, 2.05) is 19.1 Å². The Balaban J connectivity index is 2.20. The summed E-state index contributed by atoms with van der Waals surface area (Å²) in [6, 6.07) is 8.71. The molecule has 1 N–H and O–H groups in total. The number of sulfone groups is 1. The van der Waals surface area contributed by atoms with E-state index in [2.05, 4.69) is 5.32 Å². The third-order valence-electron chi connectivity index (χ3n) is 2.69. The van der Waals surface area contributed by atoms with Gasteiger partial charge in [0.1, 0.15) is 0 Å². The van der Waals surface area contributed by atoms with E-state index in [0.717, 1.165) is 11.3 Å². The van der Waals surface area contributed by atoms with E-state index in [0.29, 0.717) is 4.90 Å². The minimum Gasteiger partial charge on any atom is -0.472 e. The fourth-order valence-corrected chi connectivity index (χ4v) is 2.34. The molecule has 4 nitrogen and oxygen atoms in total. The SMILES string of the molecule is CC(Nc1cccc(S(C)(=O)=O)c1)c1ccoc1. The Kier molecular flexibility index (Phi) is 3.43. The maximum Gasteiger partial charge on any atom is 0.175 e. The first-order valence-electron chi connectivity index (χ1n) is 5.55. The van der Waals surface area contributed by atoms with E-state index in [9.17, 15) is 8.42 Å². The molecule has 2 aromatic rings. The smallest absolute Gasteiger partial charge is 0.175 e. The van der Waals surface area contributed by atoms with E-state index >= 15 is 0 Å². The number of furan rings is 1. The van der Waals surface area contributed by atoms with Crippen LogP contribution in [-0.2, 0) is 9.84 Å². The van der Waals surface area contributed by atoms with Crippen molar-refractivity contribution in [2.45, 2.75) is 17.9 Å². The zero-order valence-corrected chi connectivity index (χ0v) is 11.1. The van der Waals surface area contributed by atoms with Gasteiger partial charge in [-0.1, -0.05) is 6.07 Å². The summed E-state index contributed by atoms with van der Waals surface area (Å²) in [6.45, 7) is 1.98. The fourth-order valence-electron chi connectivity index (χ4n) is 1.67. The van der Waals surface area contributed by atoms with Crippen LogP contribution in [0.25, 0.3) is 0 Å². The number of anilines is 1. The number of nitrogens with one attached hydrogen (secondary N) is 1. The third-order valence-corrected chi connectivity index (χ3v) is 3.80. The quantitative estimate of drug-likeness (QED) is 0.923. The molecule has 0 aliphatic rings. The number of hydrogen-bond donors (Lipinski definition) is 1. The molecule has 1 aromatic heterocycles. The molecule has 5 heteroatoms. The molecule has 1 atom stereocenters. The van der Waals surface area contributed by atoms with Crippen LogP contribution in [-0.4, -0.2) is 14.7 Å². The fraction of sp³-hybridized carbons (Fsp3) is 0.231. The average molecular weight is 265 g/mol. The van der Waals surface area contributed by atoms with Gasteiger partial charge in [-0.15, -0.1) is 0 Å². The average Bonchev–Trinajstić information content (AvgIpc) is 2.81. The van der Waals surface area contributed by atoms with Gasteiger partial charge in [0.25, 0.3) is 0 Å². The second kappa shape index (κ2) is 4.86. The van der Waals surface area contributed by atoms with Crippen LogP contribution in [0.1, 0.15) is 18.5 Å². The first-order chi connectivity index (χ1) is 8.47. The lowest BCUT2D eigenvalue weighted by molar-refractivity contribution is 0.562. The van der Waals surface area contributed by atoms with Gasteiger partial charge < -0.3 is 9.73 Å². The van der Waals surface area contributed by atoms with Crippen molar-refractivity contribution in [3.63, 3.8) is 0 Å². The van der Waals surface area contributed by atoms with E-state index in [4.69, 9.17) is 4.42 Å². The number of rotatable bonds is 4. The lowest BCUT2D eigenvalue weighted by atomic mass is 10.1.